The van der Waals surface area contributed by atoms with Crippen molar-refractivity contribution in [1.29, 1.82) is 0 Å². The van der Waals surface area contributed by atoms with Gasteiger partial charge < -0.3 is 15.1 Å². The molecule has 0 radical (unpaired) electrons. The molecule has 1 aromatic rings. The Balaban J connectivity index is 2.27. The van der Waals surface area contributed by atoms with Crippen LogP contribution in [0.15, 0.2) is 18.2 Å². The maximum absolute atomic E-state index is 12.0. The zero-order chi connectivity index (χ0) is 11.7. The molecule has 0 bridgehead atoms. The van der Waals surface area contributed by atoms with E-state index in [-0.39, 0.29) is 28.3 Å². The fourth-order valence-electron chi connectivity index (χ4n) is 1.81. The zero-order valence-electron chi connectivity index (χ0n) is 8.56. The maximum atomic E-state index is 12.0. The van der Waals surface area contributed by atoms with Crippen LogP contribution in [0.25, 0.3) is 0 Å². The number of amides is 1. The topological polar surface area (TPSA) is 60.8 Å². The molecule has 5 heteroatoms. The highest BCUT2D eigenvalue weighted by Gasteiger charge is 2.28. The third kappa shape index (κ3) is 1.93. The molecule has 1 aromatic carbocycles. The van der Waals surface area contributed by atoms with Crippen LogP contribution in [0.3, 0.4) is 0 Å². The lowest BCUT2D eigenvalue weighted by Gasteiger charge is -2.16. The molecule has 86 valence electrons. The number of hydrogen-bond donors (Lipinski definition) is 2. The van der Waals surface area contributed by atoms with E-state index in [0.717, 1.165) is 6.42 Å². The minimum atomic E-state index is -0.376. The number of nitrogens with zero attached hydrogens (tertiary/aromatic N) is 1. The van der Waals surface area contributed by atoms with Gasteiger partial charge in [-0.2, -0.15) is 0 Å². The monoisotopic (exact) mass is 241 g/mol. The summed E-state index contributed by atoms with van der Waals surface area (Å²) in [6.07, 6.45) is 0.738. The van der Waals surface area contributed by atoms with Gasteiger partial charge in [0.15, 0.2) is 0 Å². The average Bonchev–Trinajstić information content (AvgIpc) is 2.64. The minimum Gasteiger partial charge on any atom is -0.507 e. The van der Waals surface area contributed by atoms with Crippen molar-refractivity contribution in [2.75, 3.05) is 13.1 Å². The number of hydrogen-bond acceptors (Lipinski definition) is 3. The van der Waals surface area contributed by atoms with Crippen molar-refractivity contribution >= 4 is 17.5 Å². The van der Waals surface area contributed by atoms with E-state index >= 15 is 0 Å². The Morgan fingerprint density at radius 2 is 2.00 bits per heavy atom. The molecule has 2 rings (SSSR count). The third-order valence-electron chi connectivity index (χ3n) is 2.65. The smallest absolute Gasteiger partial charge is 0.261 e. The van der Waals surface area contributed by atoms with Crippen LogP contribution in [-0.4, -0.2) is 39.5 Å². The van der Waals surface area contributed by atoms with Gasteiger partial charge in [0, 0.05) is 13.1 Å². The van der Waals surface area contributed by atoms with Crippen LogP contribution in [0.4, 0.5) is 0 Å². The van der Waals surface area contributed by atoms with Crippen molar-refractivity contribution in [3.63, 3.8) is 0 Å². The van der Waals surface area contributed by atoms with Crippen LogP contribution in [0.2, 0.25) is 0 Å². The van der Waals surface area contributed by atoms with E-state index in [2.05, 4.69) is 0 Å². The Morgan fingerprint density at radius 1 is 1.38 bits per heavy atom. The van der Waals surface area contributed by atoms with Crippen LogP contribution in [0, 0.1) is 0 Å². The molecule has 1 atom stereocenters. The number of benzene rings is 1. The van der Waals surface area contributed by atoms with Crippen LogP contribution in [-0.2, 0) is 0 Å². The summed E-state index contributed by atoms with van der Waals surface area (Å²) in [6, 6.07) is 4.23. The van der Waals surface area contributed by atoms with E-state index in [0.29, 0.717) is 13.1 Å². The molecule has 1 amide bonds. The maximum Gasteiger partial charge on any atom is 0.261 e. The normalized spacial score (nSPS) is 20.1. The molecule has 1 unspecified atom stereocenters. The van der Waals surface area contributed by atoms with Gasteiger partial charge in [-0.1, -0.05) is 6.07 Å². The molecule has 1 heterocycles. The number of aromatic hydroxyl groups is 2. The van der Waals surface area contributed by atoms with E-state index in [1.165, 1.54) is 23.1 Å². The van der Waals surface area contributed by atoms with Crippen LogP contribution in [0.5, 0.6) is 11.5 Å². The SMILES string of the molecule is O=C(c1c(O)cccc1O)N1CCC(Cl)C1. The molecule has 4 nitrogen and oxygen atoms in total. The van der Waals surface area contributed by atoms with Gasteiger partial charge >= 0.3 is 0 Å². The first-order chi connectivity index (χ1) is 7.59. The summed E-state index contributed by atoms with van der Waals surface area (Å²) in [5.41, 5.74) is -0.0479. The molecule has 2 N–H and O–H groups in total. The largest absolute Gasteiger partial charge is 0.507 e. The molecule has 1 saturated heterocycles. The van der Waals surface area contributed by atoms with Crippen molar-refractivity contribution in [2.24, 2.45) is 0 Å². The highest BCUT2D eigenvalue weighted by Crippen LogP contribution is 2.29. The first-order valence-corrected chi connectivity index (χ1v) is 5.47. The van der Waals surface area contributed by atoms with Gasteiger partial charge in [-0.25, -0.2) is 0 Å². The van der Waals surface area contributed by atoms with Gasteiger partial charge in [-0.05, 0) is 18.6 Å². The van der Waals surface area contributed by atoms with Gasteiger partial charge in [0.05, 0.1) is 5.38 Å². The van der Waals surface area contributed by atoms with E-state index < -0.39 is 0 Å². The second-order valence-electron chi connectivity index (χ2n) is 3.81. The molecule has 0 aliphatic carbocycles. The van der Waals surface area contributed by atoms with Crippen LogP contribution in [0.1, 0.15) is 16.8 Å². The Bertz CT molecular complexity index is 401. The van der Waals surface area contributed by atoms with E-state index in [1.807, 2.05) is 0 Å². The summed E-state index contributed by atoms with van der Waals surface area (Å²) in [6.45, 7) is 1.01. The van der Waals surface area contributed by atoms with Gasteiger partial charge in [0.25, 0.3) is 5.91 Å². The molecule has 1 aliphatic heterocycles. The van der Waals surface area contributed by atoms with E-state index in [1.54, 1.807) is 0 Å². The first-order valence-electron chi connectivity index (χ1n) is 5.04. The molecular formula is C11H12ClNO3. The first kappa shape index (κ1) is 11.1. The molecule has 16 heavy (non-hydrogen) atoms. The number of phenols is 2. The summed E-state index contributed by atoms with van der Waals surface area (Å²) < 4.78 is 0. The Kier molecular flexibility index (Phi) is 2.92. The summed E-state index contributed by atoms with van der Waals surface area (Å²) in [7, 11) is 0. The van der Waals surface area contributed by atoms with E-state index in [4.69, 9.17) is 11.6 Å². The fourth-order valence-corrected chi connectivity index (χ4v) is 2.07. The standard InChI is InChI=1S/C11H12ClNO3/c12-7-4-5-13(6-7)11(16)10-8(14)2-1-3-9(10)15/h1-3,7,14-15H,4-6H2. The van der Waals surface area contributed by atoms with Crippen molar-refractivity contribution < 1.29 is 15.0 Å². The second kappa shape index (κ2) is 4.22. The summed E-state index contributed by atoms with van der Waals surface area (Å²) in [4.78, 5) is 13.5. The number of halogens is 1. The second-order valence-corrected chi connectivity index (χ2v) is 4.43. The molecule has 0 saturated carbocycles. The van der Waals surface area contributed by atoms with Gasteiger partial charge in [0.1, 0.15) is 17.1 Å². The lowest BCUT2D eigenvalue weighted by molar-refractivity contribution is 0.0787. The fraction of sp³-hybridized carbons (Fsp3) is 0.364. The lowest BCUT2D eigenvalue weighted by Crippen LogP contribution is -2.28. The molecule has 0 spiro atoms. The Morgan fingerprint density at radius 3 is 2.50 bits per heavy atom. The predicted octanol–water partition coefficient (Wildman–Crippen LogP) is 1.55. The summed E-state index contributed by atoms with van der Waals surface area (Å²) >= 11 is 5.90. The lowest BCUT2D eigenvalue weighted by atomic mass is 10.1. The number of carbonyl (C=O) groups excluding carboxylic acids is 1. The predicted molar refractivity (Wildman–Crippen MR) is 59.9 cm³/mol. The minimum absolute atomic E-state index is 0.0445. The highest BCUT2D eigenvalue weighted by atomic mass is 35.5. The number of rotatable bonds is 1. The van der Waals surface area contributed by atoms with Crippen LogP contribution >= 0.6 is 11.6 Å². The number of alkyl halides is 1. The van der Waals surface area contributed by atoms with Gasteiger partial charge in [-0.3, -0.25) is 4.79 Å². The molecule has 1 aliphatic rings. The van der Waals surface area contributed by atoms with Gasteiger partial charge in [-0.15, -0.1) is 11.6 Å². The summed E-state index contributed by atoms with van der Waals surface area (Å²) in [5.74, 6) is -0.787. The van der Waals surface area contributed by atoms with Crippen molar-refractivity contribution in [3.05, 3.63) is 23.8 Å². The number of likely N-dealkylation sites (tertiary alicyclic amines) is 1. The van der Waals surface area contributed by atoms with Gasteiger partial charge in [0.2, 0.25) is 0 Å². The third-order valence-corrected chi connectivity index (χ3v) is 3.01. The summed E-state index contributed by atoms with van der Waals surface area (Å²) in [5, 5.41) is 19.1. The Hall–Kier alpha value is -1.42. The van der Waals surface area contributed by atoms with Crippen molar-refractivity contribution in [1.82, 2.24) is 4.90 Å². The quantitative estimate of drug-likeness (QED) is 0.734. The van der Waals surface area contributed by atoms with Crippen molar-refractivity contribution in [2.45, 2.75) is 11.8 Å². The molecular weight excluding hydrogens is 230 g/mol. The van der Waals surface area contributed by atoms with Crippen molar-refractivity contribution in [3.8, 4) is 11.5 Å². The van der Waals surface area contributed by atoms with Crippen LogP contribution < -0.4 is 0 Å². The number of phenolic OH excluding ortho intramolecular Hbond substituents is 2. The average molecular weight is 242 g/mol. The highest BCUT2D eigenvalue weighted by molar-refractivity contribution is 6.21. The molecule has 1 fully saturated rings. The molecule has 0 aromatic heterocycles. The number of carbonyl (C=O) groups is 1. The van der Waals surface area contributed by atoms with E-state index in [9.17, 15) is 15.0 Å². The zero-order valence-corrected chi connectivity index (χ0v) is 9.31. The Labute approximate surface area is 98.1 Å².